The molecule has 0 aromatic heterocycles. The lowest BCUT2D eigenvalue weighted by molar-refractivity contribution is -0.123. The molecule has 1 amide bonds. The zero-order valence-corrected chi connectivity index (χ0v) is 16.6. The van der Waals surface area contributed by atoms with Crippen LogP contribution in [-0.4, -0.2) is 13.0 Å². The van der Waals surface area contributed by atoms with Crippen molar-refractivity contribution >= 4 is 41.5 Å². The molecule has 136 valence electrons. The molecule has 0 saturated heterocycles. The van der Waals surface area contributed by atoms with Crippen molar-refractivity contribution in [2.24, 2.45) is 5.41 Å². The van der Waals surface area contributed by atoms with Crippen molar-refractivity contribution in [2.45, 2.75) is 31.4 Å². The van der Waals surface area contributed by atoms with E-state index >= 15 is 0 Å². The van der Waals surface area contributed by atoms with Gasteiger partial charge in [0.15, 0.2) is 0 Å². The molecule has 0 atom stereocenters. The first-order valence-electron chi connectivity index (χ1n) is 7.77. The molecular formula is C19H25ClN2O2S. The number of carbonyl (C=O) groups is 1. The Hall–Kier alpha value is -1.85. The molecule has 0 radical (unpaired) electrons. The number of anilines is 2. The first kappa shape index (κ1) is 21.2. The topological polar surface area (TPSA) is 64.3 Å². The Kier molecular flexibility index (Phi) is 7.64. The minimum absolute atomic E-state index is 0. The Labute approximate surface area is 159 Å². The van der Waals surface area contributed by atoms with Crippen LogP contribution in [0.2, 0.25) is 0 Å². The fourth-order valence-electron chi connectivity index (χ4n) is 2.07. The van der Waals surface area contributed by atoms with Gasteiger partial charge in [-0.2, -0.15) is 0 Å². The van der Waals surface area contributed by atoms with Crippen LogP contribution in [0.15, 0.2) is 47.4 Å². The number of hydrogen-bond acceptors (Lipinski definition) is 4. The summed E-state index contributed by atoms with van der Waals surface area (Å²) < 4.78 is 5.39. The number of nitrogen functional groups attached to an aromatic ring is 1. The van der Waals surface area contributed by atoms with Crippen molar-refractivity contribution in [1.82, 2.24) is 0 Å². The zero-order chi connectivity index (χ0) is 17.7. The van der Waals surface area contributed by atoms with Gasteiger partial charge >= 0.3 is 0 Å². The van der Waals surface area contributed by atoms with E-state index in [0.29, 0.717) is 11.4 Å². The van der Waals surface area contributed by atoms with Gasteiger partial charge in [-0.1, -0.05) is 32.9 Å². The minimum Gasteiger partial charge on any atom is -0.496 e. The van der Waals surface area contributed by atoms with E-state index in [4.69, 9.17) is 10.5 Å². The fraction of sp³-hybridized carbons (Fsp3) is 0.316. The quantitative estimate of drug-likeness (QED) is 0.567. The van der Waals surface area contributed by atoms with Crippen LogP contribution in [0.3, 0.4) is 0 Å². The smallest absolute Gasteiger partial charge is 0.229 e. The number of halogens is 1. The van der Waals surface area contributed by atoms with E-state index < -0.39 is 5.41 Å². The second kappa shape index (κ2) is 9.02. The average Bonchev–Trinajstić information content (AvgIpc) is 2.53. The molecule has 0 aliphatic heterocycles. The second-order valence-corrected chi connectivity index (χ2v) is 7.58. The van der Waals surface area contributed by atoms with Gasteiger partial charge in [-0.15, -0.1) is 24.2 Å². The summed E-state index contributed by atoms with van der Waals surface area (Å²) in [7, 11) is 1.65. The van der Waals surface area contributed by atoms with Crippen LogP contribution in [0.4, 0.5) is 11.4 Å². The standard InChI is InChI=1S/C19H24N2O2S.ClH/c1-19(2,3)18(22)21-15-7-5-6-8-17(15)24-12-13-11-14(20)9-10-16(13)23-4;/h5-11H,12,20H2,1-4H3,(H,21,22);1H. The van der Waals surface area contributed by atoms with E-state index in [1.807, 2.05) is 63.2 Å². The molecule has 0 bridgehead atoms. The maximum Gasteiger partial charge on any atom is 0.229 e. The van der Waals surface area contributed by atoms with Crippen molar-refractivity contribution in [3.05, 3.63) is 48.0 Å². The summed E-state index contributed by atoms with van der Waals surface area (Å²) in [5.41, 5.74) is 8.00. The molecule has 3 N–H and O–H groups in total. The summed E-state index contributed by atoms with van der Waals surface area (Å²) in [5, 5.41) is 3.01. The van der Waals surface area contributed by atoms with E-state index in [0.717, 1.165) is 21.9 Å². The first-order chi connectivity index (χ1) is 11.3. The van der Waals surface area contributed by atoms with Crippen LogP contribution in [0.5, 0.6) is 5.75 Å². The van der Waals surface area contributed by atoms with Gasteiger partial charge in [0.2, 0.25) is 5.91 Å². The highest BCUT2D eigenvalue weighted by Gasteiger charge is 2.22. The summed E-state index contributed by atoms with van der Waals surface area (Å²) >= 11 is 1.64. The van der Waals surface area contributed by atoms with E-state index in [1.165, 1.54) is 0 Å². The van der Waals surface area contributed by atoms with Crippen LogP contribution in [0.1, 0.15) is 26.3 Å². The summed E-state index contributed by atoms with van der Waals surface area (Å²) in [4.78, 5) is 13.3. The van der Waals surface area contributed by atoms with Gasteiger partial charge in [0.1, 0.15) is 5.75 Å². The number of para-hydroxylation sites is 1. The first-order valence-corrected chi connectivity index (χ1v) is 8.75. The Morgan fingerprint density at radius 3 is 2.52 bits per heavy atom. The van der Waals surface area contributed by atoms with E-state index in [9.17, 15) is 4.79 Å². The van der Waals surface area contributed by atoms with Crippen LogP contribution < -0.4 is 15.8 Å². The van der Waals surface area contributed by atoms with Gasteiger partial charge in [-0.25, -0.2) is 0 Å². The van der Waals surface area contributed by atoms with Gasteiger partial charge in [0.05, 0.1) is 12.8 Å². The molecule has 2 aromatic carbocycles. The molecular weight excluding hydrogens is 356 g/mol. The van der Waals surface area contributed by atoms with E-state index in [2.05, 4.69) is 5.32 Å². The second-order valence-electron chi connectivity index (χ2n) is 6.56. The van der Waals surface area contributed by atoms with Gasteiger partial charge in [-0.05, 0) is 30.3 Å². The summed E-state index contributed by atoms with van der Waals surface area (Å²) in [6, 6.07) is 13.4. The molecule has 4 nitrogen and oxygen atoms in total. The van der Waals surface area contributed by atoms with Crippen LogP contribution in [-0.2, 0) is 10.5 Å². The third kappa shape index (κ3) is 5.87. The Bertz CT molecular complexity index is 730. The van der Waals surface area contributed by atoms with Crippen molar-refractivity contribution < 1.29 is 9.53 Å². The maximum absolute atomic E-state index is 12.2. The number of rotatable bonds is 5. The average molecular weight is 381 g/mol. The third-order valence-corrected chi connectivity index (χ3v) is 4.63. The summed E-state index contributed by atoms with van der Waals surface area (Å²) in [6.45, 7) is 5.70. The molecule has 0 saturated carbocycles. The van der Waals surface area contributed by atoms with Crippen molar-refractivity contribution in [3.8, 4) is 5.75 Å². The number of amides is 1. The largest absolute Gasteiger partial charge is 0.496 e. The molecule has 0 aliphatic carbocycles. The highest BCUT2D eigenvalue weighted by Crippen LogP contribution is 2.34. The molecule has 2 rings (SSSR count). The molecule has 0 fully saturated rings. The highest BCUT2D eigenvalue weighted by molar-refractivity contribution is 7.98. The van der Waals surface area contributed by atoms with Crippen LogP contribution >= 0.6 is 24.2 Å². The number of methoxy groups -OCH3 is 1. The lowest BCUT2D eigenvalue weighted by Crippen LogP contribution is -2.27. The SMILES string of the molecule is COc1ccc(N)cc1CSc1ccccc1NC(=O)C(C)(C)C.Cl. The molecule has 0 unspecified atom stereocenters. The molecule has 0 aliphatic rings. The maximum atomic E-state index is 12.2. The minimum atomic E-state index is -0.436. The lowest BCUT2D eigenvalue weighted by atomic mass is 9.95. The normalized spacial score (nSPS) is 10.7. The predicted octanol–water partition coefficient (Wildman–Crippen LogP) is 4.98. The van der Waals surface area contributed by atoms with Crippen LogP contribution in [0.25, 0.3) is 0 Å². The van der Waals surface area contributed by atoms with Gasteiger partial charge in [0, 0.05) is 27.3 Å². The number of nitrogens with one attached hydrogen (secondary N) is 1. The highest BCUT2D eigenvalue weighted by atomic mass is 35.5. The van der Waals surface area contributed by atoms with Gasteiger partial charge in [-0.3, -0.25) is 4.79 Å². The monoisotopic (exact) mass is 380 g/mol. The molecule has 0 heterocycles. The predicted molar refractivity (Wildman–Crippen MR) is 109 cm³/mol. The molecule has 2 aromatic rings. The van der Waals surface area contributed by atoms with E-state index in [1.54, 1.807) is 18.9 Å². The summed E-state index contributed by atoms with van der Waals surface area (Å²) in [5.74, 6) is 1.52. The Balaban J connectivity index is 0.00000312. The van der Waals surface area contributed by atoms with Gasteiger partial charge < -0.3 is 15.8 Å². The molecule has 6 heteroatoms. The Morgan fingerprint density at radius 2 is 1.88 bits per heavy atom. The van der Waals surface area contributed by atoms with Crippen molar-refractivity contribution in [1.29, 1.82) is 0 Å². The number of nitrogens with two attached hydrogens (primary N) is 1. The number of hydrogen-bond donors (Lipinski definition) is 2. The molecule has 0 spiro atoms. The van der Waals surface area contributed by atoms with Crippen LogP contribution in [0, 0.1) is 5.41 Å². The zero-order valence-electron chi connectivity index (χ0n) is 15.0. The van der Waals surface area contributed by atoms with E-state index in [-0.39, 0.29) is 18.3 Å². The number of thioether (sulfide) groups is 1. The molecule has 25 heavy (non-hydrogen) atoms. The van der Waals surface area contributed by atoms with Gasteiger partial charge in [0.25, 0.3) is 0 Å². The Morgan fingerprint density at radius 1 is 1.20 bits per heavy atom. The fourth-order valence-corrected chi connectivity index (χ4v) is 3.06. The lowest BCUT2D eigenvalue weighted by Gasteiger charge is -2.19. The summed E-state index contributed by atoms with van der Waals surface area (Å²) in [6.07, 6.45) is 0. The number of carbonyl (C=O) groups excluding carboxylic acids is 1. The number of benzene rings is 2. The third-order valence-electron chi connectivity index (χ3n) is 3.50. The van der Waals surface area contributed by atoms with Crippen molar-refractivity contribution in [2.75, 3.05) is 18.2 Å². The van der Waals surface area contributed by atoms with Crippen molar-refractivity contribution in [3.63, 3.8) is 0 Å². The number of ether oxygens (including phenoxy) is 1.